The molecule has 1 rings (SSSR count). The van der Waals surface area contributed by atoms with E-state index in [9.17, 15) is 9.59 Å². The zero-order valence-corrected chi connectivity index (χ0v) is 8.87. The molecule has 0 fully saturated rings. The van der Waals surface area contributed by atoms with E-state index in [-0.39, 0.29) is 11.6 Å². The summed E-state index contributed by atoms with van der Waals surface area (Å²) in [5.74, 6) is -0.856. The third-order valence-corrected chi connectivity index (χ3v) is 2.09. The smallest absolute Gasteiger partial charge is 0.354 e. The standard InChI is InChI=1S/C9H10N2O3S/c1-15-5-8(12)11-6-2-3-7(9(13)14)10-4-6/h2-4H,5H2,1H3,(H,11,12)(H,13,14). The van der Waals surface area contributed by atoms with Crippen LogP contribution in [0.15, 0.2) is 18.3 Å². The predicted octanol–water partition coefficient (Wildman–Crippen LogP) is 1.08. The van der Waals surface area contributed by atoms with E-state index in [1.54, 1.807) is 0 Å². The predicted molar refractivity (Wildman–Crippen MR) is 58.2 cm³/mol. The molecule has 0 aliphatic heterocycles. The summed E-state index contributed by atoms with van der Waals surface area (Å²) >= 11 is 1.41. The average Bonchev–Trinajstić information content (AvgIpc) is 2.18. The number of carbonyl (C=O) groups is 2. The SMILES string of the molecule is CSCC(=O)Nc1ccc(C(=O)O)nc1. The Balaban J connectivity index is 2.64. The third kappa shape index (κ3) is 3.59. The molecule has 1 amide bonds. The van der Waals surface area contributed by atoms with Crippen molar-refractivity contribution < 1.29 is 14.7 Å². The van der Waals surface area contributed by atoms with Crippen LogP contribution in [-0.2, 0) is 4.79 Å². The van der Waals surface area contributed by atoms with Crippen LogP contribution in [0.2, 0.25) is 0 Å². The molecule has 0 aliphatic rings. The lowest BCUT2D eigenvalue weighted by molar-refractivity contribution is -0.113. The number of pyridine rings is 1. The second-order valence-electron chi connectivity index (χ2n) is 2.72. The molecule has 0 saturated carbocycles. The van der Waals surface area contributed by atoms with Crippen LogP contribution in [0.4, 0.5) is 5.69 Å². The maximum absolute atomic E-state index is 11.2. The van der Waals surface area contributed by atoms with Crippen LogP contribution in [0.3, 0.4) is 0 Å². The number of amides is 1. The normalized spacial score (nSPS) is 9.67. The van der Waals surface area contributed by atoms with E-state index >= 15 is 0 Å². The number of carbonyl (C=O) groups excluding carboxylic acids is 1. The zero-order valence-electron chi connectivity index (χ0n) is 8.06. The second-order valence-corrected chi connectivity index (χ2v) is 3.58. The molecule has 1 heterocycles. The number of anilines is 1. The van der Waals surface area contributed by atoms with Gasteiger partial charge in [0.1, 0.15) is 5.69 Å². The molecule has 15 heavy (non-hydrogen) atoms. The van der Waals surface area contributed by atoms with Gasteiger partial charge in [-0.1, -0.05) is 0 Å². The van der Waals surface area contributed by atoms with E-state index < -0.39 is 5.97 Å². The number of hydrogen-bond acceptors (Lipinski definition) is 4. The zero-order chi connectivity index (χ0) is 11.3. The van der Waals surface area contributed by atoms with Gasteiger partial charge >= 0.3 is 5.97 Å². The van der Waals surface area contributed by atoms with Gasteiger partial charge in [0.05, 0.1) is 17.6 Å². The number of hydrogen-bond donors (Lipinski definition) is 2. The Morgan fingerprint density at radius 3 is 2.73 bits per heavy atom. The van der Waals surface area contributed by atoms with Gasteiger partial charge in [0, 0.05) is 0 Å². The molecule has 2 N–H and O–H groups in total. The van der Waals surface area contributed by atoms with Crippen molar-refractivity contribution in [3.63, 3.8) is 0 Å². The van der Waals surface area contributed by atoms with Gasteiger partial charge in [0.25, 0.3) is 0 Å². The van der Waals surface area contributed by atoms with E-state index in [4.69, 9.17) is 5.11 Å². The maximum atomic E-state index is 11.2. The van der Waals surface area contributed by atoms with Crippen LogP contribution in [0.1, 0.15) is 10.5 Å². The molecule has 5 nitrogen and oxygen atoms in total. The molecule has 0 bridgehead atoms. The fraction of sp³-hybridized carbons (Fsp3) is 0.222. The number of nitrogens with one attached hydrogen (secondary N) is 1. The van der Waals surface area contributed by atoms with E-state index in [2.05, 4.69) is 10.3 Å². The summed E-state index contributed by atoms with van der Waals surface area (Å²) in [6.45, 7) is 0. The maximum Gasteiger partial charge on any atom is 0.354 e. The Bertz CT molecular complexity index is 364. The molecule has 6 heteroatoms. The number of carboxylic acid groups (broad SMARTS) is 1. The summed E-state index contributed by atoms with van der Waals surface area (Å²) in [6, 6.07) is 2.85. The van der Waals surface area contributed by atoms with Crippen molar-refractivity contribution in [1.82, 2.24) is 4.98 Å². The van der Waals surface area contributed by atoms with E-state index in [1.807, 2.05) is 6.26 Å². The Kier molecular flexibility index (Phi) is 4.11. The number of rotatable bonds is 4. The topological polar surface area (TPSA) is 79.3 Å². The molecule has 0 spiro atoms. The lowest BCUT2D eigenvalue weighted by atomic mass is 10.3. The molecular formula is C9H10N2O3S. The summed E-state index contributed by atoms with van der Waals surface area (Å²) in [4.78, 5) is 25.3. The molecule has 1 aromatic heterocycles. The van der Waals surface area contributed by atoms with Crippen molar-refractivity contribution in [3.05, 3.63) is 24.0 Å². The molecule has 0 aliphatic carbocycles. The van der Waals surface area contributed by atoms with Gasteiger partial charge in [0.2, 0.25) is 5.91 Å². The summed E-state index contributed by atoms with van der Waals surface area (Å²) < 4.78 is 0. The fourth-order valence-electron chi connectivity index (χ4n) is 0.922. The largest absolute Gasteiger partial charge is 0.477 e. The van der Waals surface area contributed by atoms with Gasteiger partial charge in [-0.2, -0.15) is 11.8 Å². The fourth-order valence-corrected chi connectivity index (χ4v) is 1.26. The Hall–Kier alpha value is -1.56. The molecule has 0 aromatic carbocycles. The van der Waals surface area contributed by atoms with Crippen LogP contribution < -0.4 is 5.32 Å². The van der Waals surface area contributed by atoms with Gasteiger partial charge in [-0.3, -0.25) is 4.79 Å². The van der Waals surface area contributed by atoms with Crippen LogP contribution in [0.25, 0.3) is 0 Å². The molecule has 0 radical (unpaired) electrons. The van der Waals surface area contributed by atoms with Crippen molar-refractivity contribution in [2.45, 2.75) is 0 Å². The van der Waals surface area contributed by atoms with Gasteiger partial charge in [-0.25, -0.2) is 9.78 Å². The Labute approximate surface area is 90.9 Å². The number of aromatic carboxylic acids is 1. The number of carboxylic acids is 1. The van der Waals surface area contributed by atoms with E-state index in [1.165, 1.54) is 30.1 Å². The number of aromatic nitrogens is 1. The van der Waals surface area contributed by atoms with Gasteiger partial charge in [-0.15, -0.1) is 0 Å². The Morgan fingerprint density at radius 2 is 2.27 bits per heavy atom. The first-order valence-electron chi connectivity index (χ1n) is 4.11. The highest BCUT2D eigenvalue weighted by molar-refractivity contribution is 7.99. The van der Waals surface area contributed by atoms with E-state index in [0.29, 0.717) is 11.4 Å². The van der Waals surface area contributed by atoms with Crippen LogP contribution in [0, 0.1) is 0 Å². The first-order chi connectivity index (χ1) is 7.13. The molecule has 0 atom stereocenters. The molecule has 1 aromatic rings. The van der Waals surface area contributed by atoms with Gasteiger partial charge in [-0.05, 0) is 18.4 Å². The highest BCUT2D eigenvalue weighted by Crippen LogP contribution is 2.06. The quantitative estimate of drug-likeness (QED) is 0.803. The third-order valence-electron chi connectivity index (χ3n) is 1.54. The van der Waals surface area contributed by atoms with Gasteiger partial charge in [0.15, 0.2) is 0 Å². The van der Waals surface area contributed by atoms with Crippen molar-refractivity contribution in [2.75, 3.05) is 17.3 Å². The van der Waals surface area contributed by atoms with Crippen molar-refractivity contribution >= 4 is 29.3 Å². The van der Waals surface area contributed by atoms with Crippen molar-refractivity contribution in [3.8, 4) is 0 Å². The summed E-state index contributed by atoms with van der Waals surface area (Å²) in [5.41, 5.74) is 0.455. The average molecular weight is 226 g/mol. The number of thioether (sulfide) groups is 1. The molecule has 0 saturated heterocycles. The van der Waals surface area contributed by atoms with E-state index in [0.717, 1.165) is 0 Å². The summed E-state index contributed by atoms with van der Waals surface area (Å²) in [7, 11) is 0. The molecule has 80 valence electrons. The number of nitrogens with zero attached hydrogens (tertiary/aromatic N) is 1. The van der Waals surface area contributed by atoms with Crippen LogP contribution in [-0.4, -0.2) is 34.0 Å². The highest BCUT2D eigenvalue weighted by Gasteiger charge is 2.05. The summed E-state index contributed by atoms with van der Waals surface area (Å²) in [6.07, 6.45) is 3.15. The molecule has 0 unspecified atom stereocenters. The van der Waals surface area contributed by atoms with Gasteiger partial charge < -0.3 is 10.4 Å². The Morgan fingerprint density at radius 1 is 1.53 bits per heavy atom. The first kappa shape index (κ1) is 11.5. The minimum absolute atomic E-state index is 0.0436. The monoisotopic (exact) mass is 226 g/mol. The summed E-state index contributed by atoms with van der Waals surface area (Å²) in [5, 5.41) is 11.2. The lowest BCUT2D eigenvalue weighted by Gasteiger charge is -2.03. The minimum Gasteiger partial charge on any atom is -0.477 e. The first-order valence-corrected chi connectivity index (χ1v) is 5.51. The highest BCUT2D eigenvalue weighted by atomic mass is 32.2. The minimum atomic E-state index is -1.09. The van der Waals surface area contributed by atoms with Crippen molar-refractivity contribution in [1.29, 1.82) is 0 Å². The van der Waals surface area contributed by atoms with Crippen LogP contribution >= 0.6 is 11.8 Å². The van der Waals surface area contributed by atoms with Crippen molar-refractivity contribution in [2.24, 2.45) is 0 Å². The van der Waals surface area contributed by atoms with Crippen LogP contribution in [0.5, 0.6) is 0 Å². The lowest BCUT2D eigenvalue weighted by Crippen LogP contribution is -2.14. The second kappa shape index (κ2) is 5.35. The molecular weight excluding hydrogens is 216 g/mol.